The molecule has 0 unspecified atom stereocenters. The molecule has 3 aliphatic heterocycles. The first kappa shape index (κ1) is 14.8. The Labute approximate surface area is 126 Å². The van der Waals surface area contributed by atoms with Crippen molar-refractivity contribution in [3.63, 3.8) is 0 Å². The van der Waals surface area contributed by atoms with Crippen LogP contribution in [-0.4, -0.2) is 79.1 Å². The number of carbonyl (C=O) groups excluding carboxylic acids is 2. The number of ether oxygens (including phenoxy) is 1. The number of rotatable bonds is 3. The molecule has 0 aromatic rings. The van der Waals surface area contributed by atoms with Gasteiger partial charge in [-0.25, -0.2) is 4.79 Å². The lowest BCUT2D eigenvalue weighted by Gasteiger charge is -2.41. The van der Waals surface area contributed by atoms with Crippen LogP contribution < -0.4 is 0 Å². The molecule has 3 amide bonds. The Balaban J connectivity index is 1.54. The molecule has 0 aromatic carbocycles. The SMILES string of the molecule is CN1C(=O)N(C)C2(CCN(CC[C@@H]3CCOC3)CC2)C1=O. The molecular weight excluding hydrogens is 270 g/mol. The van der Waals surface area contributed by atoms with Gasteiger partial charge in [-0.2, -0.15) is 0 Å². The van der Waals surface area contributed by atoms with Gasteiger partial charge in [0, 0.05) is 40.4 Å². The Morgan fingerprint density at radius 1 is 1.24 bits per heavy atom. The maximum atomic E-state index is 12.4. The Morgan fingerprint density at radius 2 is 1.95 bits per heavy atom. The third kappa shape index (κ3) is 2.44. The van der Waals surface area contributed by atoms with Crippen LogP contribution in [0.1, 0.15) is 25.7 Å². The minimum Gasteiger partial charge on any atom is -0.381 e. The Morgan fingerprint density at radius 3 is 2.48 bits per heavy atom. The molecule has 1 spiro atoms. The highest BCUT2D eigenvalue weighted by Crippen LogP contribution is 2.35. The largest absolute Gasteiger partial charge is 0.381 e. The predicted octanol–water partition coefficient (Wildman–Crippen LogP) is 0.771. The van der Waals surface area contributed by atoms with Crippen LogP contribution in [0.3, 0.4) is 0 Å². The molecule has 0 aliphatic carbocycles. The molecule has 0 bridgehead atoms. The summed E-state index contributed by atoms with van der Waals surface area (Å²) in [4.78, 5) is 29.7. The topological polar surface area (TPSA) is 53.1 Å². The molecular formula is C15H25N3O3. The summed E-state index contributed by atoms with van der Waals surface area (Å²) in [7, 11) is 3.34. The van der Waals surface area contributed by atoms with Gasteiger partial charge in [-0.05, 0) is 38.1 Å². The zero-order valence-corrected chi connectivity index (χ0v) is 13.0. The van der Waals surface area contributed by atoms with Gasteiger partial charge in [-0.3, -0.25) is 9.69 Å². The lowest BCUT2D eigenvalue weighted by molar-refractivity contribution is -0.134. The lowest BCUT2D eigenvalue weighted by atomic mass is 9.86. The standard InChI is InChI=1S/C15H25N3O3/c1-16-13(19)15(17(2)14(16)20)5-8-18(9-6-15)7-3-12-4-10-21-11-12/h12H,3-11H2,1-2H3/t12-/m1/s1. The number of amides is 3. The van der Waals surface area contributed by atoms with E-state index < -0.39 is 5.54 Å². The van der Waals surface area contributed by atoms with E-state index in [-0.39, 0.29) is 11.9 Å². The fourth-order valence-corrected chi connectivity index (χ4v) is 3.82. The van der Waals surface area contributed by atoms with E-state index >= 15 is 0 Å². The highest BCUT2D eigenvalue weighted by atomic mass is 16.5. The molecule has 3 rings (SSSR count). The normalized spacial score (nSPS) is 29.9. The van der Waals surface area contributed by atoms with Crippen molar-refractivity contribution in [2.24, 2.45) is 5.92 Å². The third-order valence-electron chi connectivity index (χ3n) is 5.48. The summed E-state index contributed by atoms with van der Waals surface area (Å²) in [5.41, 5.74) is -0.585. The monoisotopic (exact) mass is 295 g/mol. The van der Waals surface area contributed by atoms with Crippen molar-refractivity contribution in [1.82, 2.24) is 14.7 Å². The van der Waals surface area contributed by atoms with Gasteiger partial charge in [-0.15, -0.1) is 0 Å². The van der Waals surface area contributed by atoms with E-state index in [0.29, 0.717) is 5.92 Å². The lowest BCUT2D eigenvalue weighted by Crippen LogP contribution is -2.55. The molecule has 118 valence electrons. The fourth-order valence-electron chi connectivity index (χ4n) is 3.82. The summed E-state index contributed by atoms with van der Waals surface area (Å²) < 4.78 is 5.41. The van der Waals surface area contributed by atoms with Crippen LogP contribution in [0.5, 0.6) is 0 Å². The van der Waals surface area contributed by atoms with E-state index in [0.717, 1.165) is 45.7 Å². The highest BCUT2D eigenvalue weighted by molar-refractivity contribution is 6.06. The zero-order valence-electron chi connectivity index (χ0n) is 13.0. The summed E-state index contributed by atoms with van der Waals surface area (Å²) in [6.45, 7) is 4.67. The average Bonchev–Trinajstić information content (AvgIpc) is 3.08. The zero-order chi connectivity index (χ0) is 15.0. The second-order valence-electron chi connectivity index (χ2n) is 6.60. The molecule has 0 saturated carbocycles. The molecule has 21 heavy (non-hydrogen) atoms. The fraction of sp³-hybridized carbons (Fsp3) is 0.867. The minimum atomic E-state index is -0.585. The molecule has 3 saturated heterocycles. The van der Waals surface area contributed by atoms with Crippen LogP contribution in [0, 0.1) is 5.92 Å². The number of imide groups is 1. The summed E-state index contributed by atoms with van der Waals surface area (Å²) >= 11 is 0. The number of urea groups is 1. The molecule has 0 N–H and O–H groups in total. The van der Waals surface area contributed by atoms with Crippen LogP contribution in [0.25, 0.3) is 0 Å². The molecule has 6 nitrogen and oxygen atoms in total. The number of hydrogen-bond acceptors (Lipinski definition) is 4. The van der Waals surface area contributed by atoms with Crippen LogP contribution in [0.15, 0.2) is 0 Å². The minimum absolute atomic E-state index is 0.0288. The van der Waals surface area contributed by atoms with E-state index in [2.05, 4.69) is 4.90 Å². The van der Waals surface area contributed by atoms with Crippen LogP contribution >= 0.6 is 0 Å². The number of nitrogens with zero attached hydrogens (tertiary/aromatic N) is 3. The van der Waals surface area contributed by atoms with Crippen LogP contribution in [0.2, 0.25) is 0 Å². The summed E-state index contributed by atoms with van der Waals surface area (Å²) in [6, 6.07) is -0.170. The Hall–Kier alpha value is -1.14. The van der Waals surface area contributed by atoms with E-state index in [1.165, 1.54) is 17.7 Å². The average molecular weight is 295 g/mol. The van der Waals surface area contributed by atoms with Crippen molar-refractivity contribution in [2.45, 2.75) is 31.2 Å². The predicted molar refractivity (Wildman–Crippen MR) is 77.9 cm³/mol. The second-order valence-corrected chi connectivity index (χ2v) is 6.60. The van der Waals surface area contributed by atoms with Crippen molar-refractivity contribution in [3.05, 3.63) is 0 Å². The number of carbonyl (C=O) groups is 2. The van der Waals surface area contributed by atoms with E-state index in [1.54, 1.807) is 19.0 Å². The van der Waals surface area contributed by atoms with Crippen molar-refractivity contribution in [2.75, 3.05) is 46.9 Å². The van der Waals surface area contributed by atoms with E-state index in [1.807, 2.05) is 0 Å². The third-order valence-corrected chi connectivity index (χ3v) is 5.48. The summed E-state index contributed by atoms with van der Waals surface area (Å²) in [5, 5.41) is 0. The molecule has 3 fully saturated rings. The van der Waals surface area contributed by atoms with Gasteiger partial charge in [0.1, 0.15) is 5.54 Å². The molecule has 0 aromatic heterocycles. The summed E-state index contributed by atoms with van der Waals surface area (Å²) in [6.07, 6.45) is 3.85. The molecule has 3 aliphatic rings. The summed E-state index contributed by atoms with van der Waals surface area (Å²) in [5.74, 6) is 0.670. The first-order chi connectivity index (χ1) is 10.0. The first-order valence-electron chi connectivity index (χ1n) is 7.90. The van der Waals surface area contributed by atoms with Crippen LogP contribution in [0.4, 0.5) is 4.79 Å². The molecule has 6 heteroatoms. The maximum absolute atomic E-state index is 12.4. The van der Waals surface area contributed by atoms with E-state index in [4.69, 9.17) is 4.74 Å². The van der Waals surface area contributed by atoms with Gasteiger partial charge in [0.05, 0.1) is 0 Å². The maximum Gasteiger partial charge on any atom is 0.327 e. The van der Waals surface area contributed by atoms with Gasteiger partial charge in [0.25, 0.3) is 5.91 Å². The van der Waals surface area contributed by atoms with Gasteiger partial charge in [-0.1, -0.05) is 0 Å². The second kappa shape index (κ2) is 5.57. The van der Waals surface area contributed by atoms with Gasteiger partial charge < -0.3 is 14.5 Å². The number of likely N-dealkylation sites (tertiary alicyclic amines) is 1. The van der Waals surface area contributed by atoms with Gasteiger partial charge >= 0.3 is 6.03 Å². The van der Waals surface area contributed by atoms with Gasteiger partial charge in [0.15, 0.2) is 0 Å². The quantitative estimate of drug-likeness (QED) is 0.722. The van der Waals surface area contributed by atoms with E-state index in [9.17, 15) is 9.59 Å². The number of piperidine rings is 1. The highest BCUT2D eigenvalue weighted by Gasteiger charge is 2.55. The number of likely N-dealkylation sites (N-methyl/N-ethyl adjacent to an activating group) is 2. The van der Waals surface area contributed by atoms with Crippen molar-refractivity contribution in [3.8, 4) is 0 Å². The van der Waals surface area contributed by atoms with Gasteiger partial charge in [0.2, 0.25) is 0 Å². The first-order valence-corrected chi connectivity index (χ1v) is 7.90. The molecule has 0 radical (unpaired) electrons. The smallest absolute Gasteiger partial charge is 0.327 e. The molecule has 3 heterocycles. The number of hydrogen-bond donors (Lipinski definition) is 0. The molecule has 1 atom stereocenters. The van der Waals surface area contributed by atoms with Crippen molar-refractivity contribution < 1.29 is 14.3 Å². The Bertz CT molecular complexity index is 426. The van der Waals surface area contributed by atoms with Crippen LogP contribution in [-0.2, 0) is 9.53 Å². The van der Waals surface area contributed by atoms with Crippen molar-refractivity contribution in [1.29, 1.82) is 0 Å². The van der Waals surface area contributed by atoms with Crippen molar-refractivity contribution >= 4 is 11.9 Å². The Kier molecular flexibility index (Phi) is 3.92.